The highest BCUT2D eigenvalue weighted by atomic mass is 79.9. The molecule has 1 N–H and O–H groups in total. The molecule has 0 radical (unpaired) electrons. The fourth-order valence-corrected chi connectivity index (χ4v) is 5.73. The van der Waals surface area contributed by atoms with Crippen LogP contribution in [0, 0.1) is 6.92 Å². The van der Waals surface area contributed by atoms with Crippen molar-refractivity contribution in [3.05, 3.63) is 100 Å². The lowest BCUT2D eigenvalue weighted by Crippen LogP contribution is -2.51. The van der Waals surface area contributed by atoms with Crippen LogP contribution in [0.5, 0.6) is 0 Å². The van der Waals surface area contributed by atoms with Gasteiger partial charge in [-0.1, -0.05) is 70.5 Å². The largest absolute Gasteiger partial charge is 0.352 e. The highest BCUT2D eigenvalue weighted by molar-refractivity contribution is 9.10. The Balaban J connectivity index is 1.87. The number of carbonyl (C=O) groups is 2. The van der Waals surface area contributed by atoms with Gasteiger partial charge in [-0.05, 0) is 68.1 Å². The van der Waals surface area contributed by atoms with Crippen molar-refractivity contribution in [3.8, 4) is 0 Å². The van der Waals surface area contributed by atoms with Crippen LogP contribution >= 0.6 is 15.9 Å². The van der Waals surface area contributed by atoms with Crippen LogP contribution in [0.25, 0.3) is 0 Å². The van der Waals surface area contributed by atoms with E-state index < -0.39 is 16.1 Å². The fraction of sp³-hybridized carbons (Fsp3) is 0.355. The predicted molar refractivity (Wildman–Crippen MR) is 165 cm³/mol. The van der Waals surface area contributed by atoms with Crippen molar-refractivity contribution in [2.24, 2.45) is 0 Å². The van der Waals surface area contributed by atoms with Crippen LogP contribution < -0.4 is 9.62 Å². The number of rotatable bonds is 13. The van der Waals surface area contributed by atoms with Crippen molar-refractivity contribution < 1.29 is 18.0 Å². The van der Waals surface area contributed by atoms with Crippen molar-refractivity contribution in [1.29, 1.82) is 0 Å². The molecule has 3 rings (SSSR count). The molecule has 0 aromatic heterocycles. The highest BCUT2D eigenvalue weighted by Crippen LogP contribution is 2.21. The molecule has 7 nitrogen and oxygen atoms in total. The number of halogens is 1. The van der Waals surface area contributed by atoms with E-state index in [1.165, 1.54) is 10.6 Å². The van der Waals surface area contributed by atoms with Gasteiger partial charge in [0.05, 0.1) is 11.9 Å². The fourth-order valence-electron chi connectivity index (χ4n) is 4.51. The highest BCUT2D eigenvalue weighted by Gasteiger charge is 2.31. The molecule has 3 aromatic carbocycles. The molecule has 0 fully saturated rings. The van der Waals surface area contributed by atoms with Crippen LogP contribution in [0.2, 0.25) is 0 Å². The number of aryl methyl sites for hydroxylation is 1. The molecule has 0 spiro atoms. The van der Waals surface area contributed by atoms with E-state index in [1.54, 1.807) is 11.0 Å². The van der Waals surface area contributed by atoms with E-state index in [0.717, 1.165) is 21.2 Å². The Morgan fingerprint density at radius 3 is 2.20 bits per heavy atom. The van der Waals surface area contributed by atoms with E-state index in [4.69, 9.17) is 0 Å². The average Bonchev–Trinajstić information content (AvgIpc) is 2.89. The number of hydrogen-bond acceptors (Lipinski definition) is 4. The zero-order chi connectivity index (χ0) is 29.3. The minimum absolute atomic E-state index is 0.0898. The molecular formula is C31H38BrN3O4S. The first-order valence-corrected chi connectivity index (χ1v) is 16.0. The van der Waals surface area contributed by atoms with E-state index in [2.05, 4.69) is 21.2 Å². The van der Waals surface area contributed by atoms with Crippen LogP contribution in [0.1, 0.15) is 43.4 Å². The lowest BCUT2D eigenvalue weighted by Gasteiger charge is -2.32. The van der Waals surface area contributed by atoms with E-state index in [1.807, 2.05) is 93.6 Å². The summed E-state index contributed by atoms with van der Waals surface area (Å²) in [6.45, 7) is 6.10. The molecule has 3 aromatic rings. The third kappa shape index (κ3) is 9.48. The molecule has 214 valence electrons. The minimum atomic E-state index is -3.55. The molecule has 0 saturated heterocycles. The number of nitrogens with zero attached hydrogens (tertiary/aromatic N) is 2. The Kier molecular flexibility index (Phi) is 11.3. The normalized spacial score (nSPS) is 12.2. The lowest BCUT2D eigenvalue weighted by molar-refractivity contribution is -0.141. The summed E-state index contributed by atoms with van der Waals surface area (Å²) in [5.74, 6) is -0.428. The van der Waals surface area contributed by atoms with Crippen LogP contribution in [0.4, 0.5) is 5.69 Å². The number of benzene rings is 3. The third-order valence-corrected chi connectivity index (χ3v) is 8.13. The molecule has 0 bridgehead atoms. The van der Waals surface area contributed by atoms with Gasteiger partial charge < -0.3 is 10.2 Å². The van der Waals surface area contributed by atoms with Crippen molar-refractivity contribution in [3.63, 3.8) is 0 Å². The maximum atomic E-state index is 13.8. The monoisotopic (exact) mass is 627 g/mol. The molecule has 1 atom stereocenters. The van der Waals surface area contributed by atoms with Crippen molar-refractivity contribution in [2.75, 3.05) is 17.1 Å². The smallest absolute Gasteiger partial charge is 0.243 e. The summed E-state index contributed by atoms with van der Waals surface area (Å²) in [7, 11) is -3.55. The number of hydrogen-bond donors (Lipinski definition) is 1. The van der Waals surface area contributed by atoms with Crippen LogP contribution in [-0.4, -0.2) is 50.0 Å². The molecule has 0 aliphatic rings. The van der Waals surface area contributed by atoms with Crippen molar-refractivity contribution in [1.82, 2.24) is 10.2 Å². The zero-order valence-electron chi connectivity index (χ0n) is 23.5. The molecular weight excluding hydrogens is 590 g/mol. The summed E-state index contributed by atoms with van der Waals surface area (Å²) >= 11 is 3.45. The number of sulfonamides is 1. The number of carbonyl (C=O) groups excluding carboxylic acids is 2. The maximum absolute atomic E-state index is 13.8. The van der Waals surface area contributed by atoms with Gasteiger partial charge in [-0.2, -0.15) is 0 Å². The van der Waals surface area contributed by atoms with Crippen molar-refractivity contribution in [2.45, 2.75) is 58.7 Å². The van der Waals surface area contributed by atoms with Gasteiger partial charge in [0.1, 0.15) is 6.04 Å². The van der Waals surface area contributed by atoms with Gasteiger partial charge in [0.15, 0.2) is 0 Å². The van der Waals surface area contributed by atoms with Gasteiger partial charge in [-0.25, -0.2) is 8.42 Å². The first kappa shape index (κ1) is 31.4. The average molecular weight is 629 g/mol. The van der Waals surface area contributed by atoms with E-state index in [9.17, 15) is 18.0 Å². The molecule has 0 saturated carbocycles. The van der Waals surface area contributed by atoms with Gasteiger partial charge in [0.2, 0.25) is 21.8 Å². The van der Waals surface area contributed by atoms with E-state index in [0.29, 0.717) is 18.5 Å². The Hall–Kier alpha value is -3.17. The number of nitrogens with one attached hydrogen (secondary N) is 1. The van der Waals surface area contributed by atoms with Crippen LogP contribution in [0.15, 0.2) is 83.3 Å². The van der Waals surface area contributed by atoms with Gasteiger partial charge in [-0.15, -0.1) is 0 Å². The Bertz CT molecular complexity index is 1380. The van der Waals surface area contributed by atoms with Gasteiger partial charge >= 0.3 is 0 Å². The second-order valence-corrected chi connectivity index (χ2v) is 13.1. The molecule has 0 unspecified atom stereocenters. The summed E-state index contributed by atoms with van der Waals surface area (Å²) in [4.78, 5) is 28.9. The zero-order valence-corrected chi connectivity index (χ0v) is 25.9. The summed E-state index contributed by atoms with van der Waals surface area (Å²) in [6.07, 6.45) is 1.93. The first-order valence-electron chi connectivity index (χ1n) is 13.4. The Labute approximate surface area is 246 Å². The summed E-state index contributed by atoms with van der Waals surface area (Å²) in [6, 6.07) is 23.8. The maximum Gasteiger partial charge on any atom is 0.243 e. The minimum Gasteiger partial charge on any atom is -0.352 e. The molecule has 40 heavy (non-hydrogen) atoms. The van der Waals surface area contributed by atoms with E-state index in [-0.39, 0.29) is 37.4 Å². The van der Waals surface area contributed by atoms with Crippen molar-refractivity contribution >= 4 is 43.5 Å². The van der Waals surface area contributed by atoms with Gasteiger partial charge in [0.25, 0.3) is 0 Å². The number of anilines is 1. The van der Waals surface area contributed by atoms with Crippen LogP contribution in [0.3, 0.4) is 0 Å². The quantitative estimate of drug-likeness (QED) is 0.272. The molecule has 0 heterocycles. The second-order valence-electron chi connectivity index (χ2n) is 10.3. The molecule has 9 heteroatoms. The predicted octanol–water partition coefficient (Wildman–Crippen LogP) is 5.47. The third-order valence-electron chi connectivity index (χ3n) is 6.41. The van der Waals surface area contributed by atoms with Gasteiger partial charge in [0, 0.05) is 36.4 Å². The van der Waals surface area contributed by atoms with E-state index >= 15 is 0 Å². The first-order chi connectivity index (χ1) is 18.9. The second kappa shape index (κ2) is 14.5. The number of amides is 2. The standard InChI is InChI=1S/C31H38BrN3O4S/c1-23(2)33-31(37)29(21-25-11-6-5-7-12-25)34(22-26-15-17-27(32)18-16-26)30(36)14-9-19-35(40(4,38)39)28-13-8-10-24(3)20-28/h5-8,10-13,15-18,20,23,29H,9,14,19,21-22H2,1-4H3,(H,33,37)/t29-/m0/s1. The molecule has 0 aliphatic heterocycles. The SMILES string of the molecule is Cc1cccc(N(CCCC(=O)N(Cc2ccc(Br)cc2)[C@@H](Cc2ccccc2)C(=O)NC(C)C)S(C)(=O)=O)c1. The topological polar surface area (TPSA) is 86.8 Å². The molecule has 2 amide bonds. The summed E-state index contributed by atoms with van der Waals surface area (Å²) < 4.78 is 27.5. The summed E-state index contributed by atoms with van der Waals surface area (Å²) in [5.41, 5.74) is 3.36. The Morgan fingerprint density at radius 1 is 0.925 bits per heavy atom. The van der Waals surface area contributed by atoms with Gasteiger partial charge in [-0.3, -0.25) is 13.9 Å². The lowest BCUT2D eigenvalue weighted by atomic mass is 10.0. The van der Waals surface area contributed by atoms with Crippen LogP contribution in [-0.2, 0) is 32.6 Å². The Morgan fingerprint density at radius 2 is 1.60 bits per heavy atom. The summed E-state index contributed by atoms with van der Waals surface area (Å²) in [5, 5.41) is 2.99. The molecule has 0 aliphatic carbocycles.